The van der Waals surface area contributed by atoms with Crippen LogP contribution in [0.5, 0.6) is 0 Å². The fourth-order valence-corrected chi connectivity index (χ4v) is 3.61. The third-order valence-corrected chi connectivity index (χ3v) is 5.20. The molecule has 1 saturated heterocycles. The molecule has 2 N–H and O–H groups in total. The summed E-state index contributed by atoms with van der Waals surface area (Å²) in [6.07, 6.45) is 9.62. The zero-order chi connectivity index (χ0) is 16.0. The first-order chi connectivity index (χ1) is 10.5. The molecule has 1 aliphatic heterocycles. The molecular formula is C17H31N3O2. The van der Waals surface area contributed by atoms with Crippen molar-refractivity contribution in [1.82, 2.24) is 15.5 Å². The molecule has 0 aromatic heterocycles. The summed E-state index contributed by atoms with van der Waals surface area (Å²) < 4.78 is 0. The molecule has 0 radical (unpaired) electrons. The normalized spacial score (nSPS) is 27.3. The van der Waals surface area contributed by atoms with Gasteiger partial charge < -0.3 is 15.5 Å². The summed E-state index contributed by atoms with van der Waals surface area (Å²) in [6, 6.07) is 0.666. The van der Waals surface area contributed by atoms with Crippen LogP contribution in [-0.2, 0) is 9.59 Å². The standard InChI is InChI=1S/C17H31N3O2/c1-17(11-7-6-10-15(21)19-17)16(22)18-12-13-20(2)14-8-4-3-5-9-14/h14H,3-13H2,1-2H3,(H,18,22)(H,19,21). The third kappa shape index (κ3) is 4.70. The van der Waals surface area contributed by atoms with Crippen molar-refractivity contribution in [2.75, 3.05) is 20.1 Å². The van der Waals surface area contributed by atoms with Crippen LogP contribution >= 0.6 is 0 Å². The van der Waals surface area contributed by atoms with E-state index in [0.717, 1.165) is 25.8 Å². The number of rotatable bonds is 5. The van der Waals surface area contributed by atoms with Gasteiger partial charge in [0.05, 0.1) is 0 Å². The highest BCUT2D eigenvalue weighted by Crippen LogP contribution is 2.21. The van der Waals surface area contributed by atoms with Crippen molar-refractivity contribution in [2.24, 2.45) is 0 Å². The lowest BCUT2D eigenvalue weighted by Gasteiger charge is -2.32. The van der Waals surface area contributed by atoms with Crippen LogP contribution in [0.15, 0.2) is 0 Å². The van der Waals surface area contributed by atoms with E-state index >= 15 is 0 Å². The average Bonchev–Trinajstić information content (AvgIpc) is 2.69. The van der Waals surface area contributed by atoms with E-state index in [9.17, 15) is 9.59 Å². The topological polar surface area (TPSA) is 61.4 Å². The molecule has 0 spiro atoms. The van der Waals surface area contributed by atoms with Crippen LogP contribution in [0, 0.1) is 0 Å². The minimum Gasteiger partial charge on any atom is -0.353 e. The second-order valence-electron chi connectivity index (χ2n) is 7.12. The summed E-state index contributed by atoms with van der Waals surface area (Å²) >= 11 is 0. The number of nitrogens with zero attached hydrogens (tertiary/aromatic N) is 1. The minimum atomic E-state index is -0.739. The van der Waals surface area contributed by atoms with Crippen LogP contribution in [0.1, 0.15) is 64.7 Å². The summed E-state index contributed by atoms with van der Waals surface area (Å²) in [5.74, 6) is -0.0470. The van der Waals surface area contributed by atoms with Crippen LogP contribution in [-0.4, -0.2) is 48.4 Å². The Balaban J connectivity index is 1.75. The van der Waals surface area contributed by atoms with Crippen molar-refractivity contribution in [3.05, 3.63) is 0 Å². The predicted octanol–water partition coefficient (Wildman–Crippen LogP) is 1.82. The summed E-state index contributed by atoms with van der Waals surface area (Å²) in [6.45, 7) is 3.37. The molecular weight excluding hydrogens is 278 g/mol. The quantitative estimate of drug-likeness (QED) is 0.814. The fourth-order valence-electron chi connectivity index (χ4n) is 3.61. The number of likely N-dealkylation sites (N-methyl/N-ethyl adjacent to an activating group) is 1. The van der Waals surface area contributed by atoms with Gasteiger partial charge in [-0.1, -0.05) is 25.7 Å². The minimum absolute atomic E-state index is 0.00512. The Morgan fingerprint density at radius 2 is 2.00 bits per heavy atom. The van der Waals surface area contributed by atoms with Gasteiger partial charge in [0.25, 0.3) is 0 Å². The van der Waals surface area contributed by atoms with Crippen LogP contribution in [0.25, 0.3) is 0 Å². The number of amides is 2. The van der Waals surface area contributed by atoms with E-state index in [2.05, 4.69) is 22.6 Å². The summed E-state index contributed by atoms with van der Waals surface area (Å²) in [7, 11) is 2.15. The Bertz CT molecular complexity index is 393. The van der Waals surface area contributed by atoms with Gasteiger partial charge in [-0.05, 0) is 39.7 Å². The van der Waals surface area contributed by atoms with Gasteiger partial charge in [0.2, 0.25) is 11.8 Å². The van der Waals surface area contributed by atoms with E-state index in [1.54, 1.807) is 0 Å². The maximum atomic E-state index is 12.4. The Hall–Kier alpha value is -1.10. The van der Waals surface area contributed by atoms with Gasteiger partial charge in [-0.15, -0.1) is 0 Å². The molecule has 126 valence electrons. The van der Waals surface area contributed by atoms with E-state index in [1.807, 2.05) is 6.92 Å². The Morgan fingerprint density at radius 3 is 2.73 bits per heavy atom. The maximum absolute atomic E-state index is 12.4. The lowest BCUT2D eigenvalue weighted by atomic mass is 9.94. The van der Waals surface area contributed by atoms with E-state index < -0.39 is 5.54 Å². The Morgan fingerprint density at radius 1 is 1.27 bits per heavy atom. The Labute approximate surface area is 134 Å². The molecule has 5 heteroatoms. The molecule has 0 aromatic carbocycles. The van der Waals surface area contributed by atoms with Gasteiger partial charge >= 0.3 is 0 Å². The van der Waals surface area contributed by atoms with Gasteiger partial charge in [-0.2, -0.15) is 0 Å². The largest absolute Gasteiger partial charge is 0.353 e. The molecule has 2 amide bonds. The van der Waals surface area contributed by atoms with Crippen molar-refractivity contribution >= 4 is 11.8 Å². The predicted molar refractivity (Wildman–Crippen MR) is 87.5 cm³/mol. The molecule has 1 heterocycles. The summed E-state index contributed by atoms with van der Waals surface area (Å²) in [5.41, 5.74) is -0.739. The molecule has 2 fully saturated rings. The second-order valence-corrected chi connectivity index (χ2v) is 7.12. The van der Waals surface area contributed by atoms with E-state index in [1.165, 1.54) is 32.1 Å². The highest BCUT2D eigenvalue weighted by molar-refractivity contribution is 5.91. The number of carbonyl (C=O) groups excluding carboxylic acids is 2. The molecule has 1 atom stereocenters. The van der Waals surface area contributed by atoms with Gasteiger partial charge in [-0.3, -0.25) is 9.59 Å². The highest BCUT2D eigenvalue weighted by Gasteiger charge is 2.35. The maximum Gasteiger partial charge on any atom is 0.245 e. The van der Waals surface area contributed by atoms with E-state index in [0.29, 0.717) is 19.0 Å². The number of hydrogen-bond acceptors (Lipinski definition) is 3. The van der Waals surface area contributed by atoms with Gasteiger partial charge in [0, 0.05) is 25.6 Å². The molecule has 0 aromatic rings. The van der Waals surface area contributed by atoms with Crippen molar-refractivity contribution in [1.29, 1.82) is 0 Å². The molecule has 22 heavy (non-hydrogen) atoms. The number of carbonyl (C=O) groups is 2. The third-order valence-electron chi connectivity index (χ3n) is 5.20. The van der Waals surface area contributed by atoms with Crippen molar-refractivity contribution in [2.45, 2.75) is 76.3 Å². The van der Waals surface area contributed by atoms with Crippen LogP contribution in [0.4, 0.5) is 0 Å². The Kier molecular flexibility index (Phi) is 6.24. The highest BCUT2D eigenvalue weighted by atomic mass is 16.2. The first kappa shape index (κ1) is 17.3. The lowest BCUT2D eigenvalue weighted by Crippen LogP contribution is -2.56. The monoisotopic (exact) mass is 309 g/mol. The molecule has 1 saturated carbocycles. The summed E-state index contributed by atoms with van der Waals surface area (Å²) in [5, 5.41) is 5.91. The number of nitrogens with one attached hydrogen (secondary N) is 2. The zero-order valence-corrected chi connectivity index (χ0v) is 14.1. The van der Waals surface area contributed by atoms with Crippen molar-refractivity contribution in [3.63, 3.8) is 0 Å². The molecule has 5 nitrogen and oxygen atoms in total. The first-order valence-electron chi connectivity index (χ1n) is 8.81. The van der Waals surface area contributed by atoms with Crippen molar-refractivity contribution in [3.8, 4) is 0 Å². The van der Waals surface area contributed by atoms with Gasteiger partial charge in [0.15, 0.2) is 0 Å². The van der Waals surface area contributed by atoms with Gasteiger partial charge in [0.1, 0.15) is 5.54 Å². The van der Waals surface area contributed by atoms with Crippen LogP contribution in [0.2, 0.25) is 0 Å². The van der Waals surface area contributed by atoms with Crippen LogP contribution in [0.3, 0.4) is 0 Å². The van der Waals surface area contributed by atoms with Crippen LogP contribution < -0.4 is 10.6 Å². The average molecular weight is 309 g/mol. The summed E-state index contributed by atoms with van der Waals surface area (Å²) in [4.78, 5) is 26.5. The SMILES string of the molecule is CN(CCNC(=O)C1(C)CCCCC(=O)N1)C1CCCCC1. The molecule has 0 bridgehead atoms. The lowest BCUT2D eigenvalue weighted by molar-refractivity contribution is -0.132. The van der Waals surface area contributed by atoms with E-state index in [-0.39, 0.29) is 11.8 Å². The first-order valence-corrected chi connectivity index (χ1v) is 8.81. The number of hydrogen-bond donors (Lipinski definition) is 2. The second kappa shape index (κ2) is 7.95. The van der Waals surface area contributed by atoms with Crippen molar-refractivity contribution < 1.29 is 9.59 Å². The molecule has 1 unspecified atom stereocenters. The smallest absolute Gasteiger partial charge is 0.245 e. The van der Waals surface area contributed by atoms with E-state index in [4.69, 9.17) is 0 Å². The fraction of sp³-hybridized carbons (Fsp3) is 0.882. The van der Waals surface area contributed by atoms with Gasteiger partial charge in [-0.25, -0.2) is 0 Å². The molecule has 2 rings (SSSR count). The molecule has 1 aliphatic carbocycles. The zero-order valence-electron chi connectivity index (χ0n) is 14.1. The molecule has 2 aliphatic rings.